The third-order valence-electron chi connectivity index (χ3n) is 2.83. The van der Waals surface area contributed by atoms with Gasteiger partial charge in [0.15, 0.2) is 0 Å². The highest BCUT2D eigenvalue weighted by molar-refractivity contribution is 9.10. The van der Waals surface area contributed by atoms with E-state index in [-0.39, 0.29) is 5.38 Å². The van der Waals surface area contributed by atoms with Crippen molar-refractivity contribution in [3.8, 4) is 10.6 Å². The molecule has 19 heavy (non-hydrogen) atoms. The first kappa shape index (κ1) is 13.0. The molecule has 0 fully saturated rings. The van der Waals surface area contributed by atoms with Crippen LogP contribution >= 0.6 is 38.9 Å². The van der Waals surface area contributed by atoms with Gasteiger partial charge in [0.05, 0.1) is 5.38 Å². The summed E-state index contributed by atoms with van der Waals surface area (Å²) in [6.07, 6.45) is 0. The van der Waals surface area contributed by atoms with Crippen LogP contribution in [0.3, 0.4) is 0 Å². The lowest BCUT2D eigenvalue weighted by Gasteiger charge is -2.01. The Hall–Kier alpha value is -0.970. The Labute approximate surface area is 128 Å². The summed E-state index contributed by atoms with van der Waals surface area (Å²) in [5, 5.41) is 12.4. The highest BCUT2D eigenvalue weighted by Gasteiger charge is 2.11. The van der Waals surface area contributed by atoms with Crippen molar-refractivity contribution in [2.45, 2.75) is 12.3 Å². The molecule has 0 amide bonds. The van der Waals surface area contributed by atoms with Gasteiger partial charge in [-0.3, -0.25) is 0 Å². The van der Waals surface area contributed by atoms with Crippen molar-refractivity contribution >= 4 is 49.6 Å². The quantitative estimate of drug-likeness (QED) is 0.575. The van der Waals surface area contributed by atoms with E-state index in [1.54, 1.807) is 11.3 Å². The standard InChI is InChI=1S/C14H10BrClN2S/c1-8(16)13-17-18-14(19-13)11-3-2-10-7-12(15)5-4-9(10)6-11/h2-8H,1H3. The summed E-state index contributed by atoms with van der Waals surface area (Å²) < 4.78 is 1.09. The van der Waals surface area contributed by atoms with Crippen LogP contribution in [0.15, 0.2) is 40.9 Å². The lowest BCUT2D eigenvalue weighted by molar-refractivity contribution is 0.962. The van der Waals surface area contributed by atoms with Gasteiger partial charge in [-0.25, -0.2) is 0 Å². The van der Waals surface area contributed by atoms with Gasteiger partial charge in [0.1, 0.15) is 10.0 Å². The van der Waals surface area contributed by atoms with E-state index in [1.807, 2.05) is 13.0 Å². The molecule has 1 heterocycles. The van der Waals surface area contributed by atoms with E-state index >= 15 is 0 Å². The van der Waals surface area contributed by atoms with Crippen molar-refractivity contribution in [3.63, 3.8) is 0 Å². The number of aromatic nitrogens is 2. The van der Waals surface area contributed by atoms with Crippen molar-refractivity contribution in [3.05, 3.63) is 45.9 Å². The van der Waals surface area contributed by atoms with Gasteiger partial charge in [-0.05, 0) is 35.9 Å². The van der Waals surface area contributed by atoms with Gasteiger partial charge in [-0.2, -0.15) is 0 Å². The van der Waals surface area contributed by atoms with E-state index in [9.17, 15) is 0 Å². The summed E-state index contributed by atoms with van der Waals surface area (Å²) in [5.41, 5.74) is 1.08. The molecule has 1 unspecified atom stereocenters. The lowest BCUT2D eigenvalue weighted by atomic mass is 10.1. The smallest absolute Gasteiger partial charge is 0.142 e. The summed E-state index contributed by atoms with van der Waals surface area (Å²) in [5.74, 6) is 0. The van der Waals surface area contributed by atoms with E-state index in [0.29, 0.717) is 0 Å². The molecule has 2 nitrogen and oxygen atoms in total. The molecule has 0 radical (unpaired) electrons. The Bertz CT molecular complexity index is 739. The first-order valence-corrected chi connectivity index (χ1v) is 7.85. The molecule has 0 spiro atoms. The minimum absolute atomic E-state index is 0.0948. The molecular formula is C14H10BrClN2S. The van der Waals surface area contributed by atoms with Crippen molar-refractivity contribution in [2.24, 2.45) is 0 Å². The van der Waals surface area contributed by atoms with Gasteiger partial charge < -0.3 is 0 Å². The molecule has 1 atom stereocenters. The fourth-order valence-corrected chi connectivity index (χ4v) is 3.19. The molecule has 5 heteroatoms. The Kier molecular flexibility index (Phi) is 3.56. The summed E-state index contributed by atoms with van der Waals surface area (Å²) in [6.45, 7) is 1.91. The second kappa shape index (κ2) is 5.19. The highest BCUT2D eigenvalue weighted by Crippen LogP contribution is 2.31. The fourth-order valence-electron chi connectivity index (χ4n) is 1.86. The van der Waals surface area contributed by atoms with Crippen LogP contribution in [-0.4, -0.2) is 10.2 Å². The van der Waals surface area contributed by atoms with Crippen molar-refractivity contribution in [1.29, 1.82) is 0 Å². The van der Waals surface area contributed by atoms with Gasteiger partial charge in [0.2, 0.25) is 0 Å². The Morgan fingerprint density at radius 2 is 1.84 bits per heavy atom. The van der Waals surface area contributed by atoms with Crippen LogP contribution in [0.25, 0.3) is 21.3 Å². The summed E-state index contributed by atoms with van der Waals surface area (Å²) in [6, 6.07) is 12.5. The minimum atomic E-state index is -0.0948. The molecule has 0 aliphatic heterocycles. The number of hydrogen-bond acceptors (Lipinski definition) is 3. The predicted molar refractivity (Wildman–Crippen MR) is 84.8 cm³/mol. The van der Waals surface area contributed by atoms with Gasteiger partial charge >= 0.3 is 0 Å². The van der Waals surface area contributed by atoms with Crippen LogP contribution in [-0.2, 0) is 0 Å². The van der Waals surface area contributed by atoms with Gasteiger partial charge in [-0.1, -0.05) is 45.5 Å². The lowest BCUT2D eigenvalue weighted by Crippen LogP contribution is -1.81. The maximum Gasteiger partial charge on any atom is 0.147 e. The number of benzene rings is 2. The molecule has 96 valence electrons. The Morgan fingerprint density at radius 1 is 1.11 bits per heavy atom. The van der Waals surface area contributed by atoms with Crippen LogP contribution < -0.4 is 0 Å². The maximum atomic E-state index is 6.02. The zero-order valence-electron chi connectivity index (χ0n) is 10.1. The van der Waals surface area contributed by atoms with Crippen molar-refractivity contribution in [2.75, 3.05) is 0 Å². The molecule has 2 aromatic carbocycles. The second-order valence-electron chi connectivity index (χ2n) is 4.27. The summed E-state index contributed by atoms with van der Waals surface area (Å²) in [4.78, 5) is 0. The third kappa shape index (κ3) is 2.66. The average molecular weight is 354 g/mol. The average Bonchev–Trinajstić information content (AvgIpc) is 2.88. The Morgan fingerprint density at radius 3 is 2.58 bits per heavy atom. The van der Waals surface area contributed by atoms with E-state index in [4.69, 9.17) is 11.6 Å². The first-order valence-electron chi connectivity index (χ1n) is 5.80. The minimum Gasteiger partial charge on any atom is -0.142 e. The maximum absolute atomic E-state index is 6.02. The number of hydrogen-bond donors (Lipinski definition) is 0. The monoisotopic (exact) mass is 352 g/mol. The molecule has 0 bridgehead atoms. The molecule has 3 aromatic rings. The van der Waals surface area contributed by atoms with Crippen LogP contribution in [0.2, 0.25) is 0 Å². The van der Waals surface area contributed by atoms with Crippen molar-refractivity contribution < 1.29 is 0 Å². The fraction of sp³-hybridized carbons (Fsp3) is 0.143. The molecule has 0 aliphatic carbocycles. The zero-order valence-corrected chi connectivity index (χ0v) is 13.3. The molecule has 0 saturated carbocycles. The largest absolute Gasteiger partial charge is 0.147 e. The molecule has 3 rings (SSSR count). The first-order chi connectivity index (χ1) is 9.13. The number of rotatable bonds is 2. The molecular weight excluding hydrogens is 344 g/mol. The zero-order chi connectivity index (χ0) is 13.4. The topological polar surface area (TPSA) is 25.8 Å². The molecule has 1 aromatic heterocycles. The summed E-state index contributed by atoms with van der Waals surface area (Å²) in [7, 11) is 0. The van der Waals surface area contributed by atoms with Crippen LogP contribution in [0.1, 0.15) is 17.3 Å². The SMILES string of the molecule is CC(Cl)c1nnc(-c2ccc3cc(Br)ccc3c2)s1. The number of halogens is 2. The van der Waals surface area contributed by atoms with E-state index in [0.717, 1.165) is 20.1 Å². The van der Waals surface area contributed by atoms with Crippen LogP contribution in [0.4, 0.5) is 0 Å². The summed E-state index contributed by atoms with van der Waals surface area (Å²) >= 11 is 11.0. The molecule has 0 saturated heterocycles. The second-order valence-corrected chi connectivity index (χ2v) is 6.85. The Balaban J connectivity index is 2.07. The van der Waals surface area contributed by atoms with Gasteiger partial charge in [0.25, 0.3) is 0 Å². The molecule has 0 aliphatic rings. The number of alkyl halides is 1. The van der Waals surface area contributed by atoms with Gasteiger partial charge in [-0.15, -0.1) is 21.8 Å². The predicted octanol–water partition coefficient (Wildman–Crippen LogP) is 5.42. The highest BCUT2D eigenvalue weighted by atomic mass is 79.9. The van der Waals surface area contributed by atoms with Crippen molar-refractivity contribution in [1.82, 2.24) is 10.2 Å². The van der Waals surface area contributed by atoms with Crippen LogP contribution in [0, 0.1) is 0 Å². The van der Waals surface area contributed by atoms with Gasteiger partial charge in [0, 0.05) is 10.0 Å². The number of fused-ring (bicyclic) bond motifs is 1. The normalized spacial score (nSPS) is 12.8. The van der Waals surface area contributed by atoms with Crippen LogP contribution in [0.5, 0.6) is 0 Å². The third-order valence-corrected chi connectivity index (χ3v) is 4.81. The van der Waals surface area contributed by atoms with E-state index < -0.39 is 0 Å². The van der Waals surface area contributed by atoms with E-state index in [2.05, 4.69) is 56.5 Å². The van der Waals surface area contributed by atoms with E-state index in [1.165, 1.54) is 10.8 Å². The molecule has 0 N–H and O–H groups in total. The number of nitrogens with zero attached hydrogens (tertiary/aromatic N) is 2.